The first-order valence-corrected chi connectivity index (χ1v) is 10.7. The molecule has 10 heteroatoms. The molecule has 176 valence electrons. The van der Waals surface area contributed by atoms with E-state index in [0.717, 1.165) is 4.52 Å². The van der Waals surface area contributed by atoms with Crippen molar-refractivity contribution in [3.05, 3.63) is 101 Å². The van der Waals surface area contributed by atoms with Crippen LogP contribution in [0, 0.1) is 12.7 Å². The van der Waals surface area contributed by atoms with Crippen LogP contribution in [0.4, 0.5) is 19.0 Å². The van der Waals surface area contributed by atoms with E-state index < -0.39 is 12.3 Å². The van der Waals surface area contributed by atoms with E-state index in [4.69, 9.17) is 0 Å². The van der Waals surface area contributed by atoms with Gasteiger partial charge in [0.1, 0.15) is 17.1 Å². The van der Waals surface area contributed by atoms with Gasteiger partial charge in [-0.15, -0.1) is 0 Å². The van der Waals surface area contributed by atoms with Gasteiger partial charge in [-0.05, 0) is 19.1 Å². The summed E-state index contributed by atoms with van der Waals surface area (Å²) in [7, 11) is 0. The smallest absolute Gasteiger partial charge is 0.280 e. The molecule has 0 saturated heterocycles. The van der Waals surface area contributed by atoms with Crippen molar-refractivity contribution in [3.63, 3.8) is 0 Å². The van der Waals surface area contributed by atoms with E-state index in [2.05, 4.69) is 20.5 Å². The number of halogens is 3. The number of hydrogen-bond donors (Lipinski definition) is 1. The summed E-state index contributed by atoms with van der Waals surface area (Å²) in [5.41, 5.74) is 1.73. The number of alkyl halides is 2. The van der Waals surface area contributed by atoms with Crippen molar-refractivity contribution >= 4 is 17.4 Å². The molecule has 0 radical (unpaired) electrons. The zero-order valence-electron chi connectivity index (χ0n) is 18.5. The van der Waals surface area contributed by atoms with E-state index in [1.54, 1.807) is 66.2 Å². The standard InChI is InChI=1S/C25H19F3N6O/c1-15-11-22(32-33(15)14-17-9-5-6-10-19(17)26)31-25(35)18-13-29-34-21(23(27)28)12-20(30-24(18)34)16-7-3-2-4-8-16/h2-13,23H,14H2,1H3,(H,31,32,35). The molecule has 0 bridgehead atoms. The summed E-state index contributed by atoms with van der Waals surface area (Å²) in [4.78, 5) is 17.5. The Labute approximate surface area is 197 Å². The zero-order valence-corrected chi connectivity index (χ0v) is 18.5. The van der Waals surface area contributed by atoms with E-state index in [1.165, 1.54) is 18.3 Å². The van der Waals surface area contributed by atoms with Gasteiger partial charge in [0, 0.05) is 22.9 Å². The first kappa shape index (κ1) is 22.3. The second-order valence-electron chi connectivity index (χ2n) is 7.90. The van der Waals surface area contributed by atoms with Gasteiger partial charge >= 0.3 is 0 Å². The molecule has 0 aliphatic rings. The molecule has 1 amide bonds. The largest absolute Gasteiger partial charge is 0.305 e. The van der Waals surface area contributed by atoms with Gasteiger partial charge in [-0.25, -0.2) is 22.7 Å². The quantitative estimate of drug-likeness (QED) is 0.362. The number of carbonyl (C=O) groups excluding carboxylic acids is 1. The van der Waals surface area contributed by atoms with Gasteiger partial charge in [0.2, 0.25) is 0 Å². The number of carbonyl (C=O) groups is 1. The van der Waals surface area contributed by atoms with Crippen LogP contribution >= 0.6 is 0 Å². The highest BCUT2D eigenvalue weighted by Crippen LogP contribution is 2.27. The van der Waals surface area contributed by atoms with E-state index >= 15 is 0 Å². The van der Waals surface area contributed by atoms with E-state index in [0.29, 0.717) is 22.5 Å². The van der Waals surface area contributed by atoms with E-state index in [9.17, 15) is 18.0 Å². The molecule has 3 aromatic heterocycles. The minimum absolute atomic E-state index is 0.00154. The summed E-state index contributed by atoms with van der Waals surface area (Å²) in [6.07, 6.45) is -1.63. The third-order valence-corrected chi connectivity index (χ3v) is 5.54. The number of rotatable bonds is 6. The van der Waals surface area contributed by atoms with Crippen LogP contribution in [-0.4, -0.2) is 30.3 Å². The van der Waals surface area contributed by atoms with Crippen molar-refractivity contribution in [1.29, 1.82) is 0 Å². The Kier molecular flexibility index (Phi) is 5.77. The second-order valence-corrected chi connectivity index (χ2v) is 7.90. The number of benzene rings is 2. The Hall–Kier alpha value is -4.47. The van der Waals surface area contributed by atoms with Crippen molar-refractivity contribution < 1.29 is 18.0 Å². The summed E-state index contributed by atoms with van der Waals surface area (Å²) in [6, 6.07) is 18.1. The molecular weight excluding hydrogens is 457 g/mol. The van der Waals surface area contributed by atoms with Crippen molar-refractivity contribution in [2.45, 2.75) is 19.9 Å². The highest BCUT2D eigenvalue weighted by atomic mass is 19.3. The molecule has 1 N–H and O–H groups in total. The van der Waals surface area contributed by atoms with Crippen LogP contribution in [0.3, 0.4) is 0 Å². The molecule has 3 heterocycles. The van der Waals surface area contributed by atoms with Crippen LogP contribution in [0.5, 0.6) is 0 Å². The van der Waals surface area contributed by atoms with Gasteiger partial charge in [0.15, 0.2) is 11.5 Å². The number of nitrogens with one attached hydrogen (secondary N) is 1. The lowest BCUT2D eigenvalue weighted by atomic mass is 10.1. The Balaban J connectivity index is 1.47. The van der Waals surface area contributed by atoms with Gasteiger partial charge in [-0.3, -0.25) is 9.48 Å². The van der Waals surface area contributed by atoms with Crippen LogP contribution in [0.2, 0.25) is 0 Å². The number of anilines is 1. The maximum absolute atomic E-state index is 14.0. The molecule has 35 heavy (non-hydrogen) atoms. The van der Waals surface area contributed by atoms with Crippen LogP contribution in [0.1, 0.15) is 33.7 Å². The molecule has 0 aliphatic heterocycles. The van der Waals surface area contributed by atoms with Crippen molar-refractivity contribution in [2.75, 3.05) is 5.32 Å². The van der Waals surface area contributed by atoms with Crippen LogP contribution in [0.25, 0.3) is 16.9 Å². The fourth-order valence-electron chi connectivity index (χ4n) is 3.76. The second kappa shape index (κ2) is 9.05. The highest BCUT2D eigenvalue weighted by Gasteiger charge is 2.22. The van der Waals surface area contributed by atoms with Crippen LogP contribution in [0.15, 0.2) is 72.9 Å². The summed E-state index contributed by atoms with van der Waals surface area (Å²) in [5, 5.41) is 11.0. The first-order valence-electron chi connectivity index (χ1n) is 10.7. The number of aryl methyl sites for hydroxylation is 1. The number of fused-ring (bicyclic) bond motifs is 1. The van der Waals surface area contributed by atoms with Crippen molar-refractivity contribution in [1.82, 2.24) is 24.4 Å². The van der Waals surface area contributed by atoms with Crippen molar-refractivity contribution in [2.24, 2.45) is 0 Å². The Morgan fingerprint density at radius 1 is 1.06 bits per heavy atom. The van der Waals surface area contributed by atoms with Crippen LogP contribution < -0.4 is 5.32 Å². The summed E-state index contributed by atoms with van der Waals surface area (Å²) in [6.45, 7) is 1.96. The molecule has 0 spiro atoms. The molecule has 5 rings (SSSR count). The lowest BCUT2D eigenvalue weighted by molar-refractivity contribution is 0.102. The van der Waals surface area contributed by atoms with Gasteiger partial charge in [0.05, 0.1) is 18.4 Å². The van der Waals surface area contributed by atoms with Gasteiger partial charge in [0.25, 0.3) is 12.3 Å². The van der Waals surface area contributed by atoms with Crippen molar-refractivity contribution in [3.8, 4) is 11.3 Å². The molecule has 0 saturated carbocycles. The van der Waals surface area contributed by atoms with Gasteiger partial charge < -0.3 is 5.32 Å². The minimum Gasteiger partial charge on any atom is -0.305 e. The Bertz CT molecular complexity index is 1530. The number of aromatic nitrogens is 5. The molecule has 0 aliphatic carbocycles. The Morgan fingerprint density at radius 2 is 1.80 bits per heavy atom. The maximum Gasteiger partial charge on any atom is 0.280 e. The Morgan fingerprint density at radius 3 is 2.54 bits per heavy atom. The highest BCUT2D eigenvalue weighted by molar-refractivity contribution is 6.07. The third-order valence-electron chi connectivity index (χ3n) is 5.54. The number of amides is 1. The summed E-state index contributed by atoms with van der Waals surface area (Å²) in [5.74, 6) is -0.723. The SMILES string of the molecule is Cc1cc(NC(=O)c2cnn3c(C(F)F)cc(-c4ccccc4)nc23)nn1Cc1ccccc1F. The average molecular weight is 476 g/mol. The van der Waals surface area contributed by atoms with Gasteiger partial charge in [-0.1, -0.05) is 48.5 Å². The number of nitrogens with zero attached hydrogens (tertiary/aromatic N) is 5. The van der Waals surface area contributed by atoms with Crippen LogP contribution in [-0.2, 0) is 6.54 Å². The topological polar surface area (TPSA) is 77.1 Å². The summed E-state index contributed by atoms with van der Waals surface area (Å²) >= 11 is 0. The molecule has 0 atom stereocenters. The molecule has 0 unspecified atom stereocenters. The lowest BCUT2D eigenvalue weighted by Crippen LogP contribution is -2.14. The van der Waals surface area contributed by atoms with E-state index in [-0.39, 0.29) is 35.1 Å². The molecular formula is C25H19F3N6O. The molecule has 7 nitrogen and oxygen atoms in total. The predicted molar refractivity (Wildman–Crippen MR) is 124 cm³/mol. The zero-order chi connectivity index (χ0) is 24.5. The first-order chi connectivity index (χ1) is 16.9. The average Bonchev–Trinajstić information content (AvgIpc) is 3.43. The van der Waals surface area contributed by atoms with E-state index in [1.807, 2.05) is 0 Å². The predicted octanol–water partition coefficient (Wildman–Crippen LogP) is 5.28. The monoisotopic (exact) mass is 476 g/mol. The fraction of sp³-hybridized carbons (Fsp3) is 0.120. The number of hydrogen-bond acceptors (Lipinski definition) is 4. The lowest BCUT2D eigenvalue weighted by Gasteiger charge is -2.08. The molecule has 0 fully saturated rings. The molecule has 5 aromatic rings. The van der Waals surface area contributed by atoms with Gasteiger partial charge in [-0.2, -0.15) is 10.2 Å². The molecule has 2 aromatic carbocycles. The maximum atomic E-state index is 14.0. The third kappa shape index (κ3) is 4.37. The normalized spacial score (nSPS) is 11.3. The minimum atomic E-state index is -2.82. The fourth-order valence-corrected chi connectivity index (χ4v) is 3.76. The summed E-state index contributed by atoms with van der Waals surface area (Å²) < 4.78 is 44.1.